The highest BCUT2D eigenvalue weighted by atomic mass is 35.5. The summed E-state index contributed by atoms with van der Waals surface area (Å²) in [6.07, 6.45) is 0. The highest BCUT2D eigenvalue weighted by Crippen LogP contribution is 2.44. The van der Waals surface area contributed by atoms with Crippen molar-refractivity contribution in [3.63, 3.8) is 0 Å². The van der Waals surface area contributed by atoms with Gasteiger partial charge in [0.1, 0.15) is 18.2 Å². The number of carbonyl (C=O) groups is 1. The number of ether oxygens (including phenoxy) is 2. The van der Waals surface area contributed by atoms with E-state index in [0.29, 0.717) is 46.7 Å². The van der Waals surface area contributed by atoms with Gasteiger partial charge in [0, 0.05) is 12.6 Å². The minimum Gasteiger partial charge on any atom is -0.486 e. The molecule has 0 bridgehead atoms. The lowest BCUT2D eigenvalue weighted by Crippen LogP contribution is -2.24. The predicted octanol–water partition coefficient (Wildman–Crippen LogP) is 3.67. The molecule has 1 aliphatic heterocycles. The Morgan fingerprint density at radius 1 is 1.17 bits per heavy atom. The standard InChI is InChI=1S/C17H13ClN2O3/c1-11(21)20(13-4-2-12(10-19)3-5-13)14-6-7-15-17(16(14)18)23-9-8-22-15/h2-7H,8-9H2,1H3. The SMILES string of the molecule is CC(=O)N(c1ccc(C#N)cc1)c1ccc2c(c1Cl)OCCO2. The quantitative estimate of drug-likeness (QED) is 0.843. The van der Waals surface area contributed by atoms with Crippen LogP contribution in [0.25, 0.3) is 0 Å². The second kappa shape index (κ2) is 6.19. The summed E-state index contributed by atoms with van der Waals surface area (Å²) < 4.78 is 11.0. The molecule has 23 heavy (non-hydrogen) atoms. The molecule has 6 heteroatoms. The number of carbonyl (C=O) groups excluding carboxylic acids is 1. The Balaban J connectivity index is 2.08. The molecular weight excluding hydrogens is 316 g/mol. The Morgan fingerprint density at radius 3 is 2.52 bits per heavy atom. The summed E-state index contributed by atoms with van der Waals surface area (Å²) >= 11 is 6.42. The molecule has 0 radical (unpaired) electrons. The van der Waals surface area contributed by atoms with Gasteiger partial charge in [0.25, 0.3) is 0 Å². The first-order valence-corrected chi connectivity index (χ1v) is 7.38. The van der Waals surface area contributed by atoms with E-state index >= 15 is 0 Å². The van der Waals surface area contributed by atoms with E-state index in [1.165, 1.54) is 11.8 Å². The van der Waals surface area contributed by atoms with Crippen LogP contribution in [-0.4, -0.2) is 19.1 Å². The molecule has 5 nitrogen and oxygen atoms in total. The summed E-state index contributed by atoms with van der Waals surface area (Å²) in [5.41, 5.74) is 1.65. The van der Waals surface area contributed by atoms with Crippen LogP contribution in [0.3, 0.4) is 0 Å². The molecular formula is C17H13ClN2O3. The van der Waals surface area contributed by atoms with Crippen LogP contribution in [0.2, 0.25) is 5.02 Å². The summed E-state index contributed by atoms with van der Waals surface area (Å²) in [6.45, 7) is 2.33. The lowest BCUT2D eigenvalue weighted by Gasteiger charge is -2.26. The van der Waals surface area contributed by atoms with Crippen LogP contribution < -0.4 is 14.4 Å². The molecule has 116 valence electrons. The predicted molar refractivity (Wildman–Crippen MR) is 86.4 cm³/mol. The number of nitrogens with zero attached hydrogens (tertiary/aromatic N) is 2. The zero-order valence-electron chi connectivity index (χ0n) is 12.4. The maximum atomic E-state index is 12.1. The van der Waals surface area contributed by atoms with Gasteiger partial charge in [-0.25, -0.2) is 0 Å². The molecule has 0 spiro atoms. The van der Waals surface area contributed by atoms with E-state index in [0.717, 1.165) is 0 Å². The molecule has 1 heterocycles. The molecule has 0 atom stereocenters. The average Bonchev–Trinajstić information content (AvgIpc) is 2.58. The van der Waals surface area contributed by atoms with E-state index in [2.05, 4.69) is 0 Å². The summed E-state index contributed by atoms with van der Waals surface area (Å²) in [5.74, 6) is 0.803. The van der Waals surface area contributed by atoms with E-state index in [1.807, 2.05) is 6.07 Å². The van der Waals surface area contributed by atoms with E-state index in [1.54, 1.807) is 36.4 Å². The third-order valence-electron chi connectivity index (χ3n) is 3.44. The zero-order chi connectivity index (χ0) is 16.4. The van der Waals surface area contributed by atoms with E-state index in [-0.39, 0.29) is 5.91 Å². The smallest absolute Gasteiger partial charge is 0.228 e. The maximum Gasteiger partial charge on any atom is 0.228 e. The highest BCUT2D eigenvalue weighted by Gasteiger charge is 2.24. The first-order valence-electron chi connectivity index (χ1n) is 7.01. The van der Waals surface area contributed by atoms with Crippen LogP contribution in [0.4, 0.5) is 11.4 Å². The second-order valence-corrected chi connectivity index (χ2v) is 5.31. The second-order valence-electron chi connectivity index (χ2n) is 4.94. The van der Waals surface area contributed by atoms with Crippen LogP contribution in [0.5, 0.6) is 11.5 Å². The number of fused-ring (bicyclic) bond motifs is 1. The summed E-state index contributed by atoms with van der Waals surface area (Å²) in [5, 5.41) is 9.21. The first kappa shape index (κ1) is 15.2. The number of hydrogen-bond acceptors (Lipinski definition) is 4. The number of amides is 1. The van der Waals surface area contributed by atoms with Crippen molar-refractivity contribution in [1.82, 2.24) is 0 Å². The largest absolute Gasteiger partial charge is 0.486 e. The molecule has 1 aliphatic rings. The summed E-state index contributed by atoms with van der Waals surface area (Å²) in [4.78, 5) is 13.6. The molecule has 0 aliphatic carbocycles. The number of benzene rings is 2. The van der Waals surface area contributed by atoms with E-state index in [9.17, 15) is 4.79 Å². The summed E-state index contributed by atoms with van der Waals surface area (Å²) in [6, 6.07) is 12.2. The van der Waals surface area contributed by atoms with Crippen molar-refractivity contribution in [2.45, 2.75) is 6.92 Å². The fourth-order valence-corrected chi connectivity index (χ4v) is 2.71. The van der Waals surface area contributed by atoms with Gasteiger partial charge in [0.15, 0.2) is 11.5 Å². The van der Waals surface area contributed by atoms with Crippen molar-refractivity contribution in [1.29, 1.82) is 5.26 Å². The van der Waals surface area contributed by atoms with Crippen LogP contribution in [0.15, 0.2) is 36.4 Å². The molecule has 2 aromatic carbocycles. The number of halogens is 1. The van der Waals surface area contributed by atoms with Crippen molar-refractivity contribution in [2.75, 3.05) is 18.1 Å². The zero-order valence-corrected chi connectivity index (χ0v) is 13.1. The van der Waals surface area contributed by atoms with Crippen LogP contribution in [-0.2, 0) is 4.79 Å². The number of nitriles is 1. The van der Waals surface area contributed by atoms with Crippen molar-refractivity contribution in [2.24, 2.45) is 0 Å². The Kier molecular flexibility index (Phi) is 4.09. The Labute approximate surface area is 138 Å². The van der Waals surface area contributed by atoms with Crippen molar-refractivity contribution >= 4 is 28.9 Å². The minimum absolute atomic E-state index is 0.201. The fourth-order valence-electron chi connectivity index (χ4n) is 2.42. The van der Waals surface area contributed by atoms with Crippen LogP contribution >= 0.6 is 11.6 Å². The lowest BCUT2D eigenvalue weighted by molar-refractivity contribution is -0.115. The van der Waals surface area contributed by atoms with E-state index in [4.69, 9.17) is 26.3 Å². The third-order valence-corrected chi connectivity index (χ3v) is 3.80. The van der Waals surface area contributed by atoms with Gasteiger partial charge in [-0.2, -0.15) is 5.26 Å². The molecule has 0 saturated carbocycles. The normalized spacial score (nSPS) is 12.4. The van der Waals surface area contributed by atoms with Gasteiger partial charge in [-0.15, -0.1) is 0 Å². The van der Waals surface area contributed by atoms with E-state index < -0.39 is 0 Å². The Morgan fingerprint density at radius 2 is 1.87 bits per heavy atom. The van der Waals surface area contributed by atoms with Gasteiger partial charge in [-0.1, -0.05) is 11.6 Å². The van der Waals surface area contributed by atoms with Crippen molar-refractivity contribution < 1.29 is 14.3 Å². The van der Waals surface area contributed by atoms with Crippen molar-refractivity contribution in [3.8, 4) is 17.6 Å². The molecule has 3 rings (SSSR count). The highest BCUT2D eigenvalue weighted by molar-refractivity contribution is 6.36. The molecule has 0 saturated heterocycles. The first-order chi connectivity index (χ1) is 11.1. The number of hydrogen-bond donors (Lipinski definition) is 0. The Bertz CT molecular complexity index is 797. The van der Waals surface area contributed by atoms with Gasteiger partial charge in [0.2, 0.25) is 5.91 Å². The third kappa shape index (κ3) is 2.81. The van der Waals surface area contributed by atoms with Crippen molar-refractivity contribution in [3.05, 3.63) is 47.0 Å². The fraction of sp³-hybridized carbons (Fsp3) is 0.176. The molecule has 2 aromatic rings. The van der Waals surface area contributed by atoms with Gasteiger partial charge in [0.05, 0.1) is 17.3 Å². The van der Waals surface area contributed by atoms with Gasteiger partial charge in [-0.3, -0.25) is 9.69 Å². The Hall–Kier alpha value is -2.71. The van der Waals surface area contributed by atoms with Gasteiger partial charge < -0.3 is 9.47 Å². The topological polar surface area (TPSA) is 62.6 Å². The van der Waals surface area contributed by atoms with Crippen LogP contribution in [0, 0.1) is 11.3 Å². The van der Waals surface area contributed by atoms with Gasteiger partial charge >= 0.3 is 0 Å². The lowest BCUT2D eigenvalue weighted by atomic mass is 10.1. The molecule has 0 N–H and O–H groups in total. The van der Waals surface area contributed by atoms with Crippen LogP contribution in [0.1, 0.15) is 12.5 Å². The molecule has 0 unspecified atom stereocenters. The molecule has 0 aromatic heterocycles. The molecule has 0 fully saturated rings. The average molecular weight is 329 g/mol. The number of rotatable bonds is 2. The summed E-state index contributed by atoms with van der Waals surface area (Å²) in [7, 11) is 0. The van der Waals surface area contributed by atoms with Gasteiger partial charge in [-0.05, 0) is 36.4 Å². The minimum atomic E-state index is -0.201. The monoisotopic (exact) mass is 328 g/mol. The molecule has 1 amide bonds. The number of anilines is 2. The maximum absolute atomic E-state index is 12.1.